The van der Waals surface area contributed by atoms with E-state index in [-0.39, 0.29) is 28.6 Å². The standard InChI is InChI=1S/C19H19FN6O3/c1-4-5-26-16(17(27)10(3)24-26)19-23-11(8-29-19)13-12-6-22-9(2)7-25(12)15(14(13)20)18(21)28/h6-8,27H,4-5H2,1-3H3,(H2,21,28). The average Bonchev–Trinajstić information content (AvgIpc) is 3.30. The van der Waals surface area contributed by atoms with Gasteiger partial charge < -0.3 is 19.7 Å². The number of primary amides is 1. The van der Waals surface area contributed by atoms with Gasteiger partial charge in [0.05, 0.1) is 23.0 Å². The van der Waals surface area contributed by atoms with Crippen LogP contribution in [0.25, 0.3) is 28.4 Å². The lowest BCUT2D eigenvalue weighted by atomic mass is 10.2. The minimum absolute atomic E-state index is 0.0408. The number of aromatic nitrogens is 5. The fraction of sp³-hybridized carbons (Fsp3) is 0.263. The summed E-state index contributed by atoms with van der Waals surface area (Å²) in [5.41, 5.74) is 6.94. The maximum Gasteiger partial charge on any atom is 0.268 e. The molecule has 0 unspecified atom stereocenters. The molecular weight excluding hydrogens is 379 g/mol. The molecule has 0 radical (unpaired) electrons. The van der Waals surface area contributed by atoms with E-state index in [0.717, 1.165) is 6.42 Å². The van der Waals surface area contributed by atoms with Crippen LogP contribution in [0.5, 0.6) is 5.75 Å². The van der Waals surface area contributed by atoms with Crippen molar-refractivity contribution >= 4 is 11.4 Å². The van der Waals surface area contributed by atoms with Gasteiger partial charge in [-0.1, -0.05) is 6.92 Å². The van der Waals surface area contributed by atoms with E-state index in [0.29, 0.717) is 29.1 Å². The summed E-state index contributed by atoms with van der Waals surface area (Å²) in [5.74, 6) is -1.69. The Labute approximate surface area is 164 Å². The number of halogens is 1. The normalized spacial score (nSPS) is 11.4. The Kier molecular flexibility index (Phi) is 4.33. The number of aromatic hydroxyl groups is 1. The van der Waals surface area contributed by atoms with Crippen LogP contribution in [-0.2, 0) is 6.54 Å². The number of fused-ring (bicyclic) bond motifs is 1. The van der Waals surface area contributed by atoms with Crippen molar-refractivity contribution in [3.8, 4) is 28.6 Å². The number of amides is 1. The zero-order valence-corrected chi connectivity index (χ0v) is 16.1. The number of aryl methyl sites for hydroxylation is 3. The second-order valence-corrected chi connectivity index (χ2v) is 6.73. The van der Waals surface area contributed by atoms with Gasteiger partial charge >= 0.3 is 0 Å². The zero-order valence-electron chi connectivity index (χ0n) is 16.1. The molecule has 4 aromatic rings. The lowest BCUT2D eigenvalue weighted by molar-refractivity contribution is 0.0991. The van der Waals surface area contributed by atoms with Gasteiger partial charge in [-0.15, -0.1) is 0 Å². The first-order valence-electron chi connectivity index (χ1n) is 9.02. The molecule has 0 bridgehead atoms. The molecule has 1 amide bonds. The molecule has 4 rings (SSSR count). The second-order valence-electron chi connectivity index (χ2n) is 6.73. The van der Waals surface area contributed by atoms with E-state index >= 15 is 4.39 Å². The van der Waals surface area contributed by atoms with Crippen LogP contribution in [-0.4, -0.2) is 35.2 Å². The summed E-state index contributed by atoms with van der Waals surface area (Å²) >= 11 is 0. The van der Waals surface area contributed by atoms with Crippen molar-refractivity contribution in [2.24, 2.45) is 5.73 Å². The van der Waals surface area contributed by atoms with Gasteiger partial charge in [-0.25, -0.2) is 9.37 Å². The number of nitrogens with zero attached hydrogens (tertiary/aromatic N) is 5. The Bertz CT molecular complexity index is 1250. The minimum atomic E-state index is -0.910. The van der Waals surface area contributed by atoms with E-state index in [1.165, 1.54) is 23.1 Å². The molecule has 9 nitrogen and oxygen atoms in total. The molecule has 4 aromatic heterocycles. The first-order valence-corrected chi connectivity index (χ1v) is 9.02. The Hall–Kier alpha value is -3.69. The smallest absolute Gasteiger partial charge is 0.268 e. The van der Waals surface area contributed by atoms with Crippen molar-refractivity contribution in [1.82, 2.24) is 24.1 Å². The number of nitrogens with two attached hydrogens (primary N) is 1. The molecule has 0 saturated carbocycles. The summed E-state index contributed by atoms with van der Waals surface area (Å²) < 4.78 is 23.6. The van der Waals surface area contributed by atoms with Crippen molar-refractivity contribution < 1.29 is 18.7 Å². The minimum Gasteiger partial charge on any atom is -0.504 e. The summed E-state index contributed by atoms with van der Waals surface area (Å²) in [6.07, 6.45) is 5.01. The predicted molar refractivity (Wildman–Crippen MR) is 102 cm³/mol. The van der Waals surface area contributed by atoms with Crippen LogP contribution in [0.4, 0.5) is 4.39 Å². The summed E-state index contributed by atoms with van der Waals surface area (Å²) in [6.45, 7) is 5.91. The third kappa shape index (κ3) is 2.84. The third-order valence-electron chi connectivity index (χ3n) is 4.62. The first-order chi connectivity index (χ1) is 13.8. The Morgan fingerprint density at radius 2 is 2.14 bits per heavy atom. The molecule has 29 heavy (non-hydrogen) atoms. The third-order valence-corrected chi connectivity index (χ3v) is 4.62. The van der Waals surface area contributed by atoms with Gasteiger partial charge in [0, 0.05) is 12.7 Å². The van der Waals surface area contributed by atoms with Crippen LogP contribution in [0.1, 0.15) is 35.2 Å². The summed E-state index contributed by atoms with van der Waals surface area (Å²) in [4.78, 5) is 20.4. The van der Waals surface area contributed by atoms with E-state index in [1.54, 1.807) is 18.5 Å². The molecule has 0 atom stereocenters. The van der Waals surface area contributed by atoms with E-state index in [4.69, 9.17) is 10.2 Å². The maximum absolute atomic E-state index is 15.2. The molecule has 150 valence electrons. The van der Waals surface area contributed by atoms with Crippen molar-refractivity contribution in [3.05, 3.63) is 41.6 Å². The van der Waals surface area contributed by atoms with E-state index in [1.807, 2.05) is 6.92 Å². The monoisotopic (exact) mass is 398 g/mol. The average molecular weight is 398 g/mol. The molecule has 10 heteroatoms. The Morgan fingerprint density at radius 3 is 2.83 bits per heavy atom. The van der Waals surface area contributed by atoms with Gasteiger partial charge in [0.2, 0.25) is 5.89 Å². The number of rotatable bonds is 5. The summed E-state index contributed by atoms with van der Waals surface area (Å²) in [7, 11) is 0. The van der Waals surface area contributed by atoms with Crippen molar-refractivity contribution in [2.75, 3.05) is 0 Å². The van der Waals surface area contributed by atoms with Gasteiger partial charge in [-0.05, 0) is 20.3 Å². The number of carbonyl (C=O) groups excluding carboxylic acids is 1. The molecule has 0 fully saturated rings. The highest BCUT2D eigenvalue weighted by atomic mass is 19.1. The van der Waals surface area contributed by atoms with E-state index < -0.39 is 11.7 Å². The molecular formula is C19H19FN6O3. The summed E-state index contributed by atoms with van der Waals surface area (Å²) in [5, 5.41) is 14.7. The van der Waals surface area contributed by atoms with Crippen molar-refractivity contribution in [1.29, 1.82) is 0 Å². The van der Waals surface area contributed by atoms with Crippen LogP contribution in [0.3, 0.4) is 0 Å². The zero-order chi connectivity index (χ0) is 20.9. The molecule has 0 aliphatic rings. The molecule has 0 aliphatic carbocycles. The highest BCUT2D eigenvalue weighted by Crippen LogP contribution is 2.36. The van der Waals surface area contributed by atoms with Gasteiger partial charge in [-0.3, -0.25) is 14.5 Å². The predicted octanol–water partition coefficient (Wildman–Crippen LogP) is 2.82. The van der Waals surface area contributed by atoms with Crippen molar-refractivity contribution in [3.63, 3.8) is 0 Å². The van der Waals surface area contributed by atoms with Crippen LogP contribution in [0.15, 0.2) is 23.1 Å². The Balaban J connectivity index is 1.92. The highest BCUT2D eigenvalue weighted by molar-refractivity contribution is 5.97. The Morgan fingerprint density at radius 1 is 1.38 bits per heavy atom. The largest absolute Gasteiger partial charge is 0.504 e. The number of hydrogen-bond acceptors (Lipinski definition) is 6. The molecule has 0 aromatic carbocycles. The fourth-order valence-electron chi connectivity index (χ4n) is 3.35. The lowest BCUT2D eigenvalue weighted by Crippen LogP contribution is -2.15. The van der Waals surface area contributed by atoms with Gasteiger partial charge in [-0.2, -0.15) is 5.10 Å². The van der Waals surface area contributed by atoms with Crippen LogP contribution >= 0.6 is 0 Å². The quantitative estimate of drug-likeness (QED) is 0.533. The van der Waals surface area contributed by atoms with Crippen LogP contribution in [0, 0.1) is 19.7 Å². The lowest BCUT2D eigenvalue weighted by Gasteiger charge is -2.02. The molecule has 3 N–H and O–H groups in total. The second kappa shape index (κ2) is 6.73. The fourth-order valence-corrected chi connectivity index (χ4v) is 3.35. The SMILES string of the molecule is CCCn1nc(C)c(O)c1-c1nc(-c2c(F)c(C(N)=O)n3cc(C)ncc23)co1. The topological polar surface area (TPSA) is 124 Å². The maximum atomic E-state index is 15.2. The first kappa shape index (κ1) is 18.7. The van der Waals surface area contributed by atoms with Crippen LogP contribution < -0.4 is 5.73 Å². The molecule has 0 saturated heterocycles. The summed E-state index contributed by atoms with van der Waals surface area (Å²) in [6, 6.07) is 0. The number of hydrogen-bond donors (Lipinski definition) is 2. The van der Waals surface area contributed by atoms with Gasteiger partial charge in [0.25, 0.3) is 5.91 Å². The number of oxazole rings is 1. The van der Waals surface area contributed by atoms with Crippen LogP contribution in [0.2, 0.25) is 0 Å². The van der Waals surface area contributed by atoms with Gasteiger partial charge in [0.15, 0.2) is 17.3 Å². The molecule has 0 spiro atoms. The van der Waals surface area contributed by atoms with E-state index in [2.05, 4.69) is 15.1 Å². The molecule has 0 aliphatic heterocycles. The van der Waals surface area contributed by atoms with Gasteiger partial charge in [0.1, 0.15) is 23.3 Å². The highest BCUT2D eigenvalue weighted by Gasteiger charge is 2.27. The van der Waals surface area contributed by atoms with E-state index in [9.17, 15) is 9.90 Å². The number of carbonyl (C=O) groups is 1. The molecule has 4 heterocycles. The van der Waals surface area contributed by atoms with Crippen molar-refractivity contribution in [2.45, 2.75) is 33.7 Å².